The van der Waals surface area contributed by atoms with Crippen LogP contribution in [0.3, 0.4) is 0 Å². The molecule has 0 aromatic heterocycles. The van der Waals surface area contributed by atoms with Crippen molar-refractivity contribution in [1.29, 1.82) is 0 Å². The van der Waals surface area contributed by atoms with Gasteiger partial charge in [-0.1, -0.05) is 41.9 Å². The lowest BCUT2D eigenvalue weighted by atomic mass is 10.2. The number of benzene rings is 2. The van der Waals surface area contributed by atoms with E-state index in [1.807, 2.05) is 0 Å². The summed E-state index contributed by atoms with van der Waals surface area (Å²) >= 11 is 5.84. The molecule has 0 heterocycles. The summed E-state index contributed by atoms with van der Waals surface area (Å²) in [6, 6.07) is 11.9. The lowest BCUT2D eigenvalue weighted by Gasteiger charge is -2.07. The van der Waals surface area contributed by atoms with Gasteiger partial charge in [0.15, 0.2) is 9.84 Å². The molecule has 0 unspecified atom stereocenters. The van der Waals surface area contributed by atoms with Crippen LogP contribution in [0.1, 0.15) is 5.56 Å². The minimum Gasteiger partial charge on any atom is -0.223 e. The van der Waals surface area contributed by atoms with E-state index in [9.17, 15) is 12.8 Å². The first kappa shape index (κ1) is 13.1. The second-order valence-corrected chi connectivity index (χ2v) is 6.15. The van der Waals surface area contributed by atoms with Gasteiger partial charge in [0.05, 0.1) is 15.7 Å². The number of halogens is 2. The summed E-state index contributed by atoms with van der Waals surface area (Å²) in [4.78, 5) is 0.0231. The van der Waals surface area contributed by atoms with Crippen molar-refractivity contribution in [2.45, 2.75) is 10.6 Å². The minimum atomic E-state index is -3.64. The zero-order valence-corrected chi connectivity index (χ0v) is 10.9. The van der Waals surface area contributed by atoms with Gasteiger partial charge in [0.1, 0.15) is 5.82 Å². The lowest BCUT2D eigenvalue weighted by Crippen LogP contribution is -2.07. The Balaban J connectivity index is 2.40. The molecule has 0 bridgehead atoms. The van der Waals surface area contributed by atoms with Gasteiger partial charge in [-0.25, -0.2) is 12.8 Å². The molecular weight excluding hydrogens is 275 g/mol. The van der Waals surface area contributed by atoms with Gasteiger partial charge in [0.2, 0.25) is 0 Å². The third kappa shape index (κ3) is 2.71. The van der Waals surface area contributed by atoms with E-state index in [0.29, 0.717) is 0 Å². The van der Waals surface area contributed by atoms with Crippen LogP contribution in [0.15, 0.2) is 53.4 Å². The van der Waals surface area contributed by atoms with Crippen LogP contribution in [0.2, 0.25) is 5.02 Å². The van der Waals surface area contributed by atoms with Crippen LogP contribution >= 0.6 is 11.6 Å². The molecule has 0 atom stereocenters. The van der Waals surface area contributed by atoms with Crippen LogP contribution in [0.25, 0.3) is 0 Å². The van der Waals surface area contributed by atoms with Gasteiger partial charge in [-0.05, 0) is 18.2 Å². The second-order valence-electron chi connectivity index (χ2n) is 3.78. The molecule has 2 aromatic carbocycles. The fourth-order valence-electron chi connectivity index (χ4n) is 1.59. The number of hydrogen-bond acceptors (Lipinski definition) is 2. The predicted molar refractivity (Wildman–Crippen MR) is 68.7 cm³/mol. The SMILES string of the molecule is O=S(=O)(Cc1ccccc1F)c1ccccc1Cl. The van der Waals surface area contributed by atoms with E-state index in [1.165, 1.54) is 30.3 Å². The summed E-state index contributed by atoms with van der Waals surface area (Å²) in [6.07, 6.45) is 0. The number of sulfone groups is 1. The molecule has 0 fully saturated rings. The monoisotopic (exact) mass is 284 g/mol. The van der Waals surface area contributed by atoms with Crippen molar-refractivity contribution in [3.8, 4) is 0 Å². The van der Waals surface area contributed by atoms with Gasteiger partial charge in [0.25, 0.3) is 0 Å². The highest BCUT2D eigenvalue weighted by molar-refractivity contribution is 7.90. The molecule has 2 aromatic rings. The van der Waals surface area contributed by atoms with Crippen molar-refractivity contribution >= 4 is 21.4 Å². The summed E-state index contributed by atoms with van der Waals surface area (Å²) in [5.41, 5.74) is 0.136. The van der Waals surface area contributed by atoms with E-state index in [4.69, 9.17) is 11.6 Å². The average Bonchev–Trinajstić information content (AvgIpc) is 2.32. The van der Waals surface area contributed by atoms with E-state index in [1.54, 1.807) is 18.2 Å². The first-order valence-corrected chi connectivity index (χ1v) is 7.24. The Kier molecular flexibility index (Phi) is 3.68. The molecule has 0 N–H and O–H groups in total. The molecule has 18 heavy (non-hydrogen) atoms. The van der Waals surface area contributed by atoms with Crippen molar-refractivity contribution in [1.82, 2.24) is 0 Å². The van der Waals surface area contributed by atoms with Crippen LogP contribution in [0, 0.1) is 5.82 Å². The van der Waals surface area contributed by atoms with Crippen LogP contribution in [-0.4, -0.2) is 8.42 Å². The van der Waals surface area contributed by atoms with Gasteiger partial charge >= 0.3 is 0 Å². The Morgan fingerprint density at radius 1 is 1.00 bits per heavy atom. The van der Waals surface area contributed by atoms with E-state index in [-0.39, 0.29) is 15.5 Å². The Morgan fingerprint density at radius 3 is 2.28 bits per heavy atom. The van der Waals surface area contributed by atoms with Gasteiger partial charge < -0.3 is 0 Å². The second kappa shape index (κ2) is 5.08. The molecule has 0 aliphatic heterocycles. The number of rotatable bonds is 3. The zero-order chi connectivity index (χ0) is 13.2. The number of hydrogen-bond donors (Lipinski definition) is 0. The standard InChI is InChI=1S/C13H10ClFO2S/c14-11-6-2-4-8-13(11)18(16,17)9-10-5-1-3-7-12(10)15/h1-8H,9H2. The Hall–Kier alpha value is -1.39. The molecule has 0 radical (unpaired) electrons. The van der Waals surface area contributed by atoms with Crippen LogP contribution in [0.5, 0.6) is 0 Å². The summed E-state index contributed by atoms with van der Waals surface area (Å²) < 4.78 is 37.7. The van der Waals surface area contributed by atoms with Gasteiger partial charge in [-0.3, -0.25) is 0 Å². The van der Waals surface area contributed by atoms with E-state index < -0.39 is 21.4 Å². The average molecular weight is 285 g/mol. The smallest absolute Gasteiger partial charge is 0.184 e. The maximum Gasteiger partial charge on any atom is 0.184 e. The third-order valence-electron chi connectivity index (χ3n) is 2.48. The summed E-state index contributed by atoms with van der Waals surface area (Å²) in [6.45, 7) is 0. The van der Waals surface area contributed by atoms with E-state index in [0.717, 1.165) is 0 Å². The quantitative estimate of drug-likeness (QED) is 0.865. The highest BCUT2D eigenvalue weighted by atomic mass is 35.5. The molecule has 0 aliphatic carbocycles. The molecule has 0 aliphatic rings. The third-order valence-corrected chi connectivity index (χ3v) is 4.63. The largest absolute Gasteiger partial charge is 0.223 e. The Labute approximate surface area is 110 Å². The van der Waals surface area contributed by atoms with Crippen molar-refractivity contribution < 1.29 is 12.8 Å². The summed E-state index contributed by atoms with van der Waals surface area (Å²) in [7, 11) is -3.64. The Morgan fingerprint density at radius 2 is 1.61 bits per heavy atom. The zero-order valence-electron chi connectivity index (χ0n) is 9.31. The summed E-state index contributed by atoms with van der Waals surface area (Å²) in [5, 5.41) is 0.147. The molecule has 5 heteroatoms. The molecule has 2 rings (SSSR count). The van der Waals surface area contributed by atoms with Crippen molar-refractivity contribution in [3.05, 3.63) is 64.9 Å². The first-order chi connectivity index (χ1) is 8.50. The normalized spacial score (nSPS) is 11.4. The van der Waals surface area contributed by atoms with Crippen LogP contribution in [0.4, 0.5) is 4.39 Å². The van der Waals surface area contributed by atoms with Crippen molar-refractivity contribution in [3.63, 3.8) is 0 Å². The fraction of sp³-hybridized carbons (Fsp3) is 0.0769. The van der Waals surface area contributed by atoms with E-state index in [2.05, 4.69) is 0 Å². The van der Waals surface area contributed by atoms with Crippen LogP contribution in [-0.2, 0) is 15.6 Å². The fourth-order valence-corrected chi connectivity index (χ4v) is 3.53. The van der Waals surface area contributed by atoms with Gasteiger partial charge in [0, 0.05) is 5.56 Å². The maximum absolute atomic E-state index is 13.4. The Bertz CT molecular complexity index is 668. The molecule has 2 nitrogen and oxygen atoms in total. The van der Waals surface area contributed by atoms with Gasteiger partial charge in [-0.15, -0.1) is 0 Å². The highest BCUT2D eigenvalue weighted by Gasteiger charge is 2.19. The molecule has 94 valence electrons. The molecule has 0 spiro atoms. The molecular formula is C13H10ClFO2S. The molecule has 0 saturated carbocycles. The van der Waals surface area contributed by atoms with Gasteiger partial charge in [-0.2, -0.15) is 0 Å². The molecule has 0 saturated heterocycles. The van der Waals surface area contributed by atoms with Crippen LogP contribution < -0.4 is 0 Å². The van der Waals surface area contributed by atoms with Crippen molar-refractivity contribution in [2.24, 2.45) is 0 Å². The molecule has 0 amide bonds. The maximum atomic E-state index is 13.4. The highest BCUT2D eigenvalue weighted by Crippen LogP contribution is 2.24. The lowest BCUT2D eigenvalue weighted by molar-refractivity contribution is 0.587. The minimum absolute atomic E-state index is 0.0231. The van der Waals surface area contributed by atoms with E-state index >= 15 is 0 Å². The summed E-state index contributed by atoms with van der Waals surface area (Å²) in [5.74, 6) is -0.934. The first-order valence-electron chi connectivity index (χ1n) is 5.21. The topological polar surface area (TPSA) is 34.1 Å². The predicted octanol–water partition coefficient (Wildman–Crippen LogP) is 3.45. The van der Waals surface area contributed by atoms with Crippen molar-refractivity contribution in [2.75, 3.05) is 0 Å².